The average Bonchev–Trinajstić information content (AvgIpc) is 2.27. The highest BCUT2D eigenvalue weighted by molar-refractivity contribution is 5.77. The van der Waals surface area contributed by atoms with Crippen LogP contribution in [0.5, 0.6) is 0 Å². The van der Waals surface area contributed by atoms with E-state index in [1.165, 1.54) is 16.7 Å². The van der Waals surface area contributed by atoms with Gasteiger partial charge in [0.25, 0.3) is 0 Å². The third-order valence-electron chi connectivity index (χ3n) is 3.79. The Morgan fingerprint density at radius 1 is 1.37 bits per heavy atom. The first-order chi connectivity index (χ1) is 8.74. The van der Waals surface area contributed by atoms with Crippen LogP contribution < -0.4 is 5.73 Å². The number of carbonyl (C=O) groups is 1. The third-order valence-corrected chi connectivity index (χ3v) is 3.79. The van der Waals surface area contributed by atoms with Crippen molar-refractivity contribution in [3.63, 3.8) is 0 Å². The summed E-state index contributed by atoms with van der Waals surface area (Å²) in [5, 5.41) is 9.04. The molecule has 0 aliphatic carbocycles. The molecule has 19 heavy (non-hydrogen) atoms. The van der Waals surface area contributed by atoms with Gasteiger partial charge in [-0.2, -0.15) is 0 Å². The average molecular weight is 263 g/mol. The van der Waals surface area contributed by atoms with Gasteiger partial charge in [-0.3, -0.25) is 4.79 Å². The van der Waals surface area contributed by atoms with Gasteiger partial charge in [0.2, 0.25) is 0 Å². The van der Waals surface area contributed by atoms with E-state index in [-0.39, 0.29) is 0 Å². The lowest BCUT2D eigenvalue weighted by Gasteiger charge is -2.23. The van der Waals surface area contributed by atoms with Crippen molar-refractivity contribution in [2.24, 2.45) is 11.7 Å². The number of hydrogen-bond acceptors (Lipinski definition) is 2. The van der Waals surface area contributed by atoms with Gasteiger partial charge in [-0.05, 0) is 62.6 Å². The molecule has 0 fully saturated rings. The third kappa shape index (κ3) is 4.35. The fraction of sp³-hybridized carbons (Fsp3) is 0.562. The number of hydrogen-bond donors (Lipinski definition) is 2. The molecule has 1 aromatic carbocycles. The van der Waals surface area contributed by atoms with Crippen molar-refractivity contribution in [3.8, 4) is 0 Å². The maximum Gasteiger partial charge on any atom is 0.323 e. The Bertz CT molecular complexity index is 432. The van der Waals surface area contributed by atoms with Crippen molar-refractivity contribution in [3.05, 3.63) is 34.9 Å². The first kappa shape index (κ1) is 15.7. The van der Waals surface area contributed by atoms with Gasteiger partial charge in [-0.1, -0.05) is 25.1 Å². The van der Waals surface area contributed by atoms with Crippen LogP contribution in [0.1, 0.15) is 43.4 Å². The topological polar surface area (TPSA) is 63.3 Å². The van der Waals surface area contributed by atoms with Gasteiger partial charge >= 0.3 is 5.97 Å². The molecule has 2 atom stereocenters. The lowest BCUT2D eigenvalue weighted by Crippen LogP contribution is -2.46. The lowest BCUT2D eigenvalue weighted by atomic mass is 9.86. The number of rotatable bonds is 6. The van der Waals surface area contributed by atoms with E-state index in [2.05, 4.69) is 39.0 Å². The summed E-state index contributed by atoms with van der Waals surface area (Å²) in [7, 11) is 0. The minimum Gasteiger partial charge on any atom is -0.480 e. The maximum atomic E-state index is 11.0. The fourth-order valence-corrected chi connectivity index (χ4v) is 2.55. The van der Waals surface area contributed by atoms with E-state index in [4.69, 9.17) is 10.8 Å². The molecule has 0 spiro atoms. The standard InChI is InChI=1S/C16H25NO2/c1-11(10-16(4,17)15(18)19)8-9-14-12(2)6-5-7-13(14)3/h5-7,11H,8-10,17H2,1-4H3,(H,18,19). The van der Waals surface area contributed by atoms with Gasteiger partial charge in [0.1, 0.15) is 5.54 Å². The number of aryl methyl sites for hydroxylation is 2. The molecule has 1 aromatic rings. The Hall–Kier alpha value is -1.35. The molecule has 0 saturated heterocycles. The van der Waals surface area contributed by atoms with Gasteiger partial charge in [0.05, 0.1) is 0 Å². The molecule has 3 N–H and O–H groups in total. The van der Waals surface area contributed by atoms with Gasteiger partial charge in [0, 0.05) is 0 Å². The van der Waals surface area contributed by atoms with E-state index in [0.717, 1.165) is 12.8 Å². The molecule has 0 aromatic heterocycles. The molecule has 0 radical (unpaired) electrons. The molecule has 0 aliphatic heterocycles. The molecule has 2 unspecified atom stereocenters. The zero-order chi connectivity index (χ0) is 14.6. The van der Waals surface area contributed by atoms with E-state index in [1.807, 2.05) is 0 Å². The van der Waals surface area contributed by atoms with Crippen molar-refractivity contribution in [1.82, 2.24) is 0 Å². The van der Waals surface area contributed by atoms with Crippen LogP contribution >= 0.6 is 0 Å². The van der Waals surface area contributed by atoms with Crippen LogP contribution in [-0.4, -0.2) is 16.6 Å². The second kappa shape index (κ2) is 6.20. The number of nitrogens with two attached hydrogens (primary N) is 1. The molecule has 0 heterocycles. The molecule has 106 valence electrons. The van der Waals surface area contributed by atoms with Crippen LogP contribution in [0.4, 0.5) is 0 Å². The summed E-state index contributed by atoms with van der Waals surface area (Å²) in [6.45, 7) is 7.90. The second-order valence-electron chi connectivity index (χ2n) is 5.94. The van der Waals surface area contributed by atoms with Crippen molar-refractivity contribution in [1.29, 1.82) is 0 Å². The SMILES string of the molecule is Cc1cccc(C)c1CCC(C)CC(C)(N)C(=O)O. The Kier molecular flexibility index (Phi) is 5.12. The predicted molar refractivity (Wildman–Crippen MR) is 78.2 cm³/mol. The largest absolute Gasteiger partial charge is 0.480 e. The number of aliphatic carboxylic acids is 1. The number of carboxylic acids is 1. The molecule has 1 rings (SSSR count). The molecule has 0 amide bonds. The Morgan fingerprint density at radius 2 is 1.89 bits per heavy atom. The number of benzene rings is 1. The van der Waals surface area contributed by atoms with Crippen molar-refractivity contribution < 1.29 is 9.90 Å². The molecule has 3 nitrogen and oxygen atoms in total. The lowest BCUT2D eigenvalue weighted by molar-refractivity contribution is -0.143. The monoisotopic (exact) mass is 263 g/mol. The molecule has 0 saturated carbocycles. The van der Waals surface area contributed by atoms with Gasteiger partial charge in [0.15, 0.2) is 0 Å². The fourth-order valence-electron chi connectivity index (χ4n) is 2.55. The van der Waals surface area contributed by atoms with E-state index >= 15 is 0 Å². The zero-order valence-corrected chi connectivity index (χ0v) is 12.4. The van der Waals surface area contributed by atoms with Crippen LogP contribution in [0.3, 0.4) is 0 Å². The summed E-state index contributed by atoms with van der Waals surface area (Å²) >= 11 is 0. The Balaban J connectivity index is 2.60. The minimum absolute atomic E-state index is 0.296. The summed E-state index contributed by atoms with van der Waals surface area (Å²) in [6.07, 6.45) is 2.45. The Labute approximate surface area is 115 Å². The normalized spacial score (nSPS) is 15.8. The molecule has 3 heteroatoms. The minimum atomic E-state index is -1.12. The van der Waals surface area contributed by atoms with Gasteiger partial charge in [-0.15, -0.1) is 0 Å². The molecular formula is C16H25NO2. The second-order valence-corrected chi connectivity index (χ2v) is 5.94. The quantitative estimate of drug-likeness (QED) is 0.829. The smallest absolute Gasteiger partial charge is 0.323 e. The van der Waals surface area contributed by atoms with Crippen LogP contribution in [-0.2, 0) is 11.2 Å². The van der Waals surface area contributed by atoms with Gasteiger partial charge < -0.3 is 10.8 Å². The van der Waals surface area contributed by atoms with E-state index in [0.29, 0.717) is 12.3 Å². The first-order valence-electron chi connectivity index (χ1n) is 6.81. The van der Waals surface area contributed by atoms with E-state index < -0.39 is 11.5 Å². The highest BCUT2D eigenvalue weighted by Crippen LogP contribution is 2.22. The summed E-state index contributed by atoms with van der Waals surface area (Å²) in [4.78, 5) is 11.0. The molecule has 0 bridgehead atoms. The predicted octanol–water partition coefficient (Wildman–Crippen LogP) is 3.06. The molecular weight excluding hydrogens is 238 g/mol. The highest BCUT2D eigenvalue weighted by Gasteiger charge is 2.29. The summed E-state index contributed by atoms with van der Waals surface area (Å²) < 4.78 is 0. The van der Waals surface area contributed by atoms with Crippen LogP contribution in [0.15, 0.2) is 18.2 Å². The maximum absolute atomic E-state index is 11.0. The van der Waals surface area contributed by atoms with E-state index in [9.17, 15) is 4.79 Å². The summed E-state index contributed by atoms with van der Waals surface area (Å²) in [5.74, 6) is -0.628. The van der Waals surface area contributed by atoms with Crippen LogP contribution in [0, 0.1) is 19.8 Å². The molecule has 0 aliphatic rings. The van der Waals surface area contributed by atoms with Crippen molar-refractivity contribution >= 4 is 5.97 Å². The van der Waals surface area contributed by atoms with Crippen molar-refractivity contribution in [2.45, 2.75) is 52.5 Å². The summed E-state index contributed by atoms with van der Waals surface area (Å²) in [5.41, 5.74) is 8.66. The van der Waals surface area contributed by atoms with E-state index in [1.54, 1.807) is 6.92 Å². The zero-order valence-electron chi connectivity index (χ0n) is 12.4. The summed E-state index contributed by atoms with van der Waals surface area (Å²) in [6, 6.07) is 6.31. The van der Waals surface area contributed by atoms with Gasteiger partial charge in [-0.25, -0.2) is 0 Å². The Morgan fingerprint density at radius 3 is 2.37 bits per heavy atom. The van der Waals surface area contributed by atoms with Crippen LogP contribution in [0.25, 0.3) is 0 Å². The first-order valence-corrected chi connectivity index (χ1v) is 6.81. The number of carboxylic acid groups (broad SMARTS) is 1. The highest BCUT2D eigenvalue weighted by atomic mass is 16.4. The van der Waals surface area contributed by atoms with Crippen LogP contribution in [0.2, 0.25) is 0 Å². The van der Waals surface area contributed by atoms with Crippen molar-refractivity contribution in [2.75, 3.05) is 0 Å².